The number of benzene rings is 2. The Morgan fingerprint density at radius 2 is 1.63 bits per heavy atom. The van der Waals surface area contributed by atoms with E-state index in [2.05, 4.69) is 21.2 Å². The molecule has 2 aromatic carbocycles. The summed E-state index contributed by atoms with van der Waals surface area (Å²) in [5.41, 5.74) is 1.23. The van der Waals surface area contributed by atoms with E-state index in [1.165, 1.54) is 0 Å². The number of carbonyl (C=O) groups excluding carboxylic acids is 2. The van der Waals surface area contributed by atoms with Crippen LogP contribution < -0.4 is 5.32 Å². The number of aliphatic carboxylic acids is 1. The lowest BCUT2D eigenvalue weighted by Gasteiger charge is -2.24. The van der Waals surface area contributed by atoms with Crippen LogP contribution in [0, 0.1) is 11.8 Å². The predicted octanol–water partition coefficient (Wildman–Crippen LogP) is 4.29. The standard InChI is InChI=1S/C21H18BrNO4/c22-14-10-11-18(17(12-14)19(24)13-6-2-1-3-7-13)23-20(25)15-8-4-5-9-16(15)21(26)27/h1-7,10-12,15-16H,8-9H2,(H,23,25)(H,26,27)/t15-,16+/m0/s1. The van der Waals surface area contributed by atoms with Crippen LogP contribution in [0.1, 0.15) is 28.8 Å². The van der Waals surface area contributed by atoms with E-state index in [0.29, 0.717) is 34.1 Å². The number of ketones is 1. The number of halogens is 1. The zero-order valence-electron chi connectivity index (χ0n) is 14.4. The van der Waals surface area contributed by atoms with Crippen molar-refractivity contribution in [2.24, 2.45) is 11.8 Å². The number of allylic oxidation sites excluding steroid dienone is 2. The van der Waals surface area contributed by atoms with Crippen LogP contribution in [0.2, 0.25) is 0 Å². The summed E-state index contributed by atoms with van der Waals surface area (Å²) in [6, 6.07) is 13.8. The number of carbonyl (C=O) groups is 3. The third kappa shape index (κ3) is 4.34. The maximum atomic E-state index is 12.9. The molecule has 2 N–H and O–H groups in total. The van der Waals surface area contributed by atoms with E-state index in [0.717, 1.165) is 0 Å². The Morgan fingerprint density at radius 1 is 0.963 bits per heavy atom. The highest BCUT2D eigenvalue weighted by molar-refractivity contribution is 9.10. The average Bonchev–Trinajstić information content (AvgIpc) is 2.69. The predicted molar refractivity (Wildman–Crippen MR) is 106 cm³/mol. The minimum atomic E-state index is -0.990. The summed E-state index contributed by atoms with van der Waals surface area (Å²) in [4.78, 5) is 37.1. The summed E-state index contributed by atoms with van der Waals surface area (Å²) in [6.45, 7) is 0. The quantitative estimate of drug-likeness (QED) is 0.550. The van der Waals surface area contributed by atoms with Crippen molar-refractivity contribution < 1.29 is 19.5 Å². The van der Waals surface area contributed by atoms with Gasteiger partial charge in [0.25, 0.3) is 0 Å². The van der Waals surface area contributed by atoms with Crippen LogP contribution in [0.15, 0.2) is 65.2 Å². The molecule has 5 nitrogen and oxygen atoms in total. The topological polar surface area (TPSA) is 83.5 Å². The Morgan fingerprint density at radius 3 is 2.30 bits per heavy atom. The molecule has 1 amide bonds. The molecule has 0 saturated carbocycles. The van der Waals surface area contributed by atoms with Gasteiger partial charge in [0.1, 0.15) is 0 Å². The van der Waals surface area contributed by atoms with Gasteiger partial charge < -0.3 is 10.4 Å². The average molecular weight is 428 g/mol. The summed E-state index contributed by atoms with van der Waals surface area (Å²) in [6.07, 6.45) is 4.29. The number of hydrogen-bond donors (Lipinski definition) is 2. The molecule has 0 spiro atoms. The van der Waals surface area contributed by atoms with Crippen LogP contribution in [-0.4, -0.2) is 22.8 Å². The van der Waals surface area contributed by atoms with Gasteiger partial charge in [-0.05, 0) is 31.0 Å². The van der Waals surface area contributed by atoms with Gasteiger partial charge in [-0.25, -0.2) is 0 Å². The summed E-state index contributed by atoms with van der Waals surface area (Å²) in [5.74, 6) is -3.04. The Labute approximate surface area is 165 Å². The van der Waals surface area contributed by atoms with Crippen molar-refractivity contribution in [3.63, 3.8) is 0 Å². The van der Waals surface area contributed by atoms with Gasteiger partial charge in [-0.15, -0.1) is 0 Å². The number of carboxylic acid groups (broad SMARTS) is 1. The lowest BCUT2D eigenvalue weighted by atomic mass is 9.82. The van der Waals surface area contributed by atoms with E-state index in [4.69, 9.17) is 0 Å². The molecule has 0 aliphatic heterocycles. The normalized spacial score (nSPS) is 18.7. The SMILES string of the molecule is O=C(c1ccccc1)c1cc(Br)ccc1NC(=O)[C@H]1CC=CC[C@H]1C(=O)O. The van der Waals surface area contributed by atoms with Crippen molar-refractivity contribution >= 4 is 39.3 Å². The van der Waals surface area contributed by atoms with Gasteiger partial charge in [0.05, 0.1) is 17.5 Å². The van der Waals surface area contributed by atoms with Crippen molar-refractivity contribution in [2.45, 2.75) is 12.8 Å². The number of nitrogens with one attached hydrogen (secondary N) is 1. The molecule has 3 rings (SSSR count). The number of carboxylic acids is 1. The van der Waals surface area contributed by atoms with Gasteiger partial charge >= 0.3 is 5.97 Å². The van der Waals surface area contributed by atoms with Gasteiger partial charge in [-0.2, -0.15) is 0 Å². The van der Waals surface area contributed by atoms with E-state index in [9.17, 15) is 19.5 Å². The number of anilines is 1. The molecule has 1 aliphatic carbocycles. The van der Waals surface area contributed by atoms with Crippen molar-refractivity contribution in [1.29, 1.82) is 0 Å². The van der Waals surface area contributed by atoms with Gasteiger partial charge in [0.2, 0.25) is 5.91 Å². The fraction of sp³-hybridized carbons (Fsp3) is 0.190. The molecule has 27 heavy (non-hydrogen) atoms. The van der Waals surface area contributed by atoms with Crippen LogP contribution in [0.3, 0.4) is 0 Å². The highest BCUT2D eigenvalue weighted by Crippen LogP contribution is 2.29. The molecule has 2 aromatic rings. The summed E-state index contributed by atoms with van der Waals surface area (Å²) < 4.78 is 0.712. The first-order chi connectivity index (χ1) is 13.0. The van der Waals surface area contributed by atoms with Crippen LogP contribution in [0.25, 0.3) is 0 Å². The Bertz CT molecular complexity index is 908. The van der Waals surface area contributed by atoms with Gasteiger partial charge in [-0.3, -0.25) is 14.4 Å². The first kappa shape index (κ1) is 19.0. The fourth-order valence-electron chi connectivity index (χ4n) is 3.16. The Balaban J connectivity index is 1.89. The van der Waals surface area contributed by atoms with Crippen LogP contribution in [0.4, 0.5) is 5.69 Å². The molecular weight excluding hydrogens is 410 g/mol. The third-order valence-electron chi connectivity index (χ3n) is 4.61. The first-order valence-electron chi connectivity index (χ1n) is 8.55. The molecule has 0 saturated heterocycles. The van der Waals surface area contributed by atoms with Gasteiger partial charge in [0, 0.05) is 15.6 Å². The monoisotopic (exact) mass is 427 g/mol. The number of hydrogen-bond acceptors (Lipinski definition) is 3. The number of amides is 1. The first-order valence-corrected chi connectivity index (χ1v) is 9.34. The molecule has 0 unspecified atom stereocenters. The minimum Gasteiger partial charge on any atom is -0.481 e. The Hall–Kier alpha value is -2.73. The second-order valence-corrected chi connectivity index (χ2v) is 7.28. The fourth-order valence-corrected chi connectivity index (χ4v) is 3.52. The molecule has 138 valence electrons. The highest BCUT2D eigenvalue weighted by Gasteiger charge is 2.34. The number of rotatable bonds is 5. The zero-order chi connectivity index (χ0) is 19.4. The maximum absolute atomic E-state index is 12.9. The maximum Gasteiger partial charge on any atom is 0.307 e. The third-order valence-corrected chi connectivity index (χ3v) is 5.10. The van der Waals surface area contributed by atoms with E-state index < -0.39 is 23.7 Å². The second kappa shape index (κ2) is 8.31. The molecule has 2 atom stereocenters. The van der Waals surface area contributed by atoms with E-state index >= 15 is 0 Å². The molecule has 0 bridgehead atoms. The lowest BCUT2D eigenvalue weighted by molar-refractivity contribution is -0.146. The van der Waals surface area contributed by atoms with Crippen molar-refractivity contribution in [1.82, 2.24) is 0 Å². The molecule has 0 fully saturated rings. The van der Waals surface area contributed by atoms with E-state index in [1.54, 1.807) is 48.5 Å². The molecule has 1 aliphatic rings. The molecule has 6 heteroatoms. The smallest absolute Gasteiger partial charge is 0.307 e. The molecule has 0 radical (unpaired) electrons. The zero-order valence-corrected chi connectivity index (χ0v) is 16.0. The van der Waals surface area contributed by atoms with E-state index in [-0.39, 0.29) is 5.78 Å². The van der Waals surface area contributed by atoms with Crippen LogP contribution in [-0.2, 0) is 9.59 Å². The highest BCUT2D eigenvalue weighted by atomic mass is 79.9. The van der Waals surface area contributed by atoms with Gasteiger partial charge in [0.15, 0.2) is 5.78 Å². The summed E-state index contributed by atoms with van der Waals surface area (Å²) >= 11 is 3.36. The largest absolute Gasteiger partial charge is 0.481 e. The summed E-state index contributed by atoms with van der Waals surface area (Å²) in [5, 5.41) is 12.1. The molecule has 0 aromatic heterocycles. The lowest BCUT2D eigenvalue weighted by Crippen LogP contribution is -2.35. The van der Waals surface area contributed by atoms with Crippen LogP contribution >= 0.6 is 15.9 Å². The molecule has 0 heterocycles. The minimum absolute atomic E-state index is 0.217. The van der Waals surface area contributed by atoms with E-state index in [1.807, 2.05) is 12.1 Å². The van der Waals surface area contributed by atoms with Crippen molar-refractivity contribution in [3.8, 4) is 0 Å². The van der Waals surface area contributed by atoms with Crippen molar-refractivity contribution in [3.05, 3.63) is 76.3 Å². The summed E-state index contributed by atoms with van der Waals surface area (Å²) in [7, 11) is 0. The Kier molecular flexibility index (Phi) is 5.86. The second-order valence-electron chi connectivity index (χ2n) is 6.37. The van der Waals surface area contributed by atoms with Gasteiger partial charge in [-0.1, -0.05) is 58.4 Å². The van der Waals surface area contributed by atoms with Crippen LogP contribution in [0.5, 0.6) is 0 Å². The van der Waals surface area contributed by atoms with Crippen molar-refractivity contribution in [2.75, 3.05) is 5.32 Å². The molecular formula is C21H18BrNO4.